The van der Waals surface area contributed by atoms with E-state index in [0.717, 1.165) is 25.8 Å². The molecule has 0 amide bonds. The molecule has 0 bridgehead atoms. The van der Waals surface area contributed by atoms with Crippen molar-refractivity contribution in [2.75, 3.05) is 13.6 Å². The molecule has 4 heteroatoms. The maximum atomic E-state index is 8.61. The fraction of sp³-hybridized carbons (Fsp3) is 0.500. The standard InChI is InChI=1S/C14H23N3O/c1-12(14(15)16-18)17(2)11-7-6-10-13-8-4-3-5-9-13/h3-5,8-9,12,18H,6-7,10-11H2,1-2H3,(H2,15,16). The van der Waals surface area contributed by atoms with E-state index in [2.05, 4.69) is 34.3 Å². The molecule has 1 atom stereocenters. The molecule has 1 rings (SSSR count). The molecule has 0 saturated carbocycles. The van der Waals surface area contributed by atoms with Crippen LogP contribution in [0.5, 0.6) is 0 Å². The molecular weight excluding hydrogens is 226 g/mol. The van der Waals surface area contributed by atoms with Crippen molar-refractivity contribution in [3.63, 3.8) is 0 Å². The van der Waals surface area contributed by atoms with Crippen molar-refractivity contribution in [3.8, 4) is 0 Å². The van der Waals surface area contributed by atoms with Gasteiger partial charge in [0, 0.05) is 0 Å². The Bertz CT molecular complexity index is 365. The average molecular weight is 249 g/mol. The highest BCUT2D eigenvalue weighted by atomic mass is 16.4. The zero-order chi connectivity index (χ0) is 13.4. The maximum absolute atomic E-state index is 8.61. The van der Waals surface area contributed by atoms with Gasteiger partial charge in [0.25, 0.3) is 0 Å². The van der Waals surface area contributed by atoms with Gasteiger partial charge in [0.05, 0.1) is 6.04 Å². The highest BCUT2D eigenvalue weighted by molar-refractivity contribution is 5.84. The largest absolute Gasteiger partial charge is 0.409 e. The second kappa shape index (κ2) is 7.71. The number of nitrogens with zero attached hydrogens (tertiary/aromatic N) is 2. The zero-order valence-corrected chi connectivity index (χ0v) is 11.2. The lowest BCUT2D eigenvalue weighted by Crippen LogP contribution is -2.40. The summed E-state index contributed by atoms with van der Waals surface area (Å²) in [6, 6.07) is 10.5. The summed E-state index contributed by atoms with van der Waals surface area (Å²) >= 11 is 0. The van der Waals surface area contributed by atoms with Gasteiger partial charge < -0.3 is 10.9 Å². The number of hydrogen-bond donors (Lipinski definition) is 2. The Morgan fingerprint density at radius 1 is 1.33 bits per heavy atom. The van der Waals surface area contributed by atoms with Crippen LogP contribution in [0.1, 0.15) is 25.3 Å². The number of hydrogen-bond acceptors (Lipinski definition) is 3. The van der Waals surface area contributed by atoms with Crippen LogP contribution in [0.25, 0.3) is 0 Å². The Morgan fingerprint density at radius 3 is 2.61 bits per heavy atom. The number of likely N-dealkylation sites (N-methyl/N-ethyl adjacent to an activating group) is 1. The summed E-state index contributed by atoms with van der Waals surface area (Å²) in [6.07, 6.45) is 3.36. The lowest BCUT2D eigenvalue weighted by Gasteiger charge is -2.23. The van der Waals surface area contributed by atoms with E-state index in [1.807, 2.05) is 20.0 Å². The molecule has 4 nitrogen and oxygen atoms in total. The Morgan fingerprint density at radius 2 is 2.00 bits per heavy atom. The van der Waals surface area contributed by atoms with Gasteiger partial charge in [-0.25, -0.2) is 0 Å². The third-order valence-corrected chi connectivity index (χ3v) is 3.27. The Hall–Kier alpha value is -1.55. The number of benzene rings is 1. The number of rotatable bonds is 7. The van der Waals surface area contributed by atoms with E-state index < -0.39 is 0 Å². The summed E-state index contributed by atoms with van der Waals surface area (Å²) in [4.78, 5) is 2.10. The van der Waals surface area contributed by atoms with Crippen LogP contribution in [0.2, 0.25) is 0 Å². The van der Waals surface area contributed by atoms with Gasteiger partial charge in [0.15, 0.2) is 5.84 Å². The van der Waals surface area contributed by atoms with E-state index in [0.29, 0.717) is 0 Å². The van der Waals surface area contributed by atoms with E-state index in [9.17, 15) is 0 Å². The van der Waals surface area contributed by atoms with Gasteiger partial charge in [0.1, 0.15) is 0 Å². The van der Waals surface area contributed by atoms with E-state index in [-0.39, 0.29) is 11.9 Å². The zero-order valence-electron chi connectivity index (χ0n) is 11.2. The van der Waals surface area contributed by atoms with Gasteiger partial charge in [-0.2, -0.15) is 0 Å². The third-order valence-electron chi connectivity index (χ3n) is 3.27. The van der Waals surface area contributed by atoms with Crippen LogP contribution in [-0.4, -0.2) is 35.6 Å². The summed E-state index contributed by atoms with van der Waals surface area (Å²) in [5.74, 6) is 0.264. The van der Waals surface area contributed by atoms with E-state index in [4.69, 9.17) is 10.9 Å². The third kappa shape index (κ3) is 4.75. The molecule has 1 unspecified atom stereocenters. The summed E-state index contributed by atoms with van der Waals surface area (Å²) in [5, 5.41) is 11.6. The lowest BCUT2D eigenvalue weighted by atomic mass is 10.1. The predicted octanol–water partition coefficient (Wildman–Crippen LogP) is 2.08. The second-order valence-electron chi connectivity index (χ2n) is 4.62. The van der Waals surface area contributed by atoms with E-state index in [1.165, 1.54) is 5.56 Å². The molecule has 0 aliphatic heterocycles. The molecule has 0 aliphatic rings. The Labute approximate surface area is 109 Å². The van der Waals surface area contributed by atoms with Gasteiger partial charge >= 0.3 is 0 Å². The average Bonchev–Trinajstić information content (AvgIpc) is 2.42. The number of aryl methyl sites for hydroxylation is 1. The molecule has 0 saturated heterocycles. The minimum Gasteiger partial charge on any atom is -0.409 e. The predicted molar refractivity (Wildman–Crippen MR) is 74.9 cm³/mol. The smallest absolute Gasteiger partial charge is 0.156 e. The van der Waals surface area contributed by atoms with Crippen molar-refractivity contribution in [1.82, 2.24) is 4.90 Å². The number of nitrogens with two attached hydrogens (primary N) is 1. The van der Waals surface area contributed by atoms with Crippen LogP contribution in [0.4, 0.5) is 0 Å². The first-order chi connectivity index (χ1) is 8.65. The summed E-state index contributed by atoms with van der Waals surface area (Å²) in [6.45, 7) is 2.89. The Balaban J connectivity index is 2.22. The molecule has 3 N–H and O–H groups in total. The molecule has 0 fully saturated rings. The summed E-state index contributed by atoms with van der Waals surface area (Å²) in [7, 11) is 1.99. The SMILES string of the molecule is CC(/C(N)=N/O)N(C)CCCCc1ccccc1. The van der Waals surface area contributed by atoms with Crippen LogP contribution in [-0.2, 0) is 6.42 Å². The van der Waals surface area contributed by atoms with Crippen LogP contribution >= 0.6 is 0 Å². The fourth-order valence-electron chi connectivity index (χ4n) is 1.84. The highest BCUT2D eigenvalue weighted by Crippen LogP contribution is 2.06. The Kier molecular flexibility index (Phi) is 6.22. The lowest BCUT2D eigenvalue weighted by molar-refractivity contribution is 0.280. The molecule has 1 aromatic carbocycles. The molecule has 0 aliphatic carbocycles. The molecule has 1 aromatic rings. The summed E-state index contributed by atoms with van der Waals surface area (Å²) < 4.78 is 0. The van der Waals surface area contributed by atoms with Crippen LogP contribution in [0.15, 0.2) is 35.5 Å². The fourth-order valence-corrected chi connectivity index (χ4v) is 1.84. The normalized spacial score (nSPS) is 13.8. The van der Waals surface area contributed by atoms with Crippen molar-refractivity contribution in [3.05, 3.63) is 35.9 Å². The molecule has 0 spiro atoms. The first kappa shape index (κ1) is 14.5. The molecule has 0 aromatic heterocycles. The number of oxime groups is 1. The van der Waals surface area contributed by atoms with Crippen molar-refractivity contribution >= 4 is 5.84 Å². The van der Waals surface area contributed by atoms with E-state index in [1.54, 1.807) is 0 Å². The van der Waals surface area contributed by atoms with E-state index >= 15 is 0 Å². The molecule has 0 heterocycles. The van der Waals surface area contributed by atoms with Gasteiger partial charge in [-0.3, -0.25) is 4.90 Å². The van der Waals surface area contributed by atoms with Crippen LogP contribution in [0.3, 0.4) is 0 Å². The number of amidine groups is 1. The molecule has 18 heavy (non-hydrogen) atoms. The van der Waals surface area contributed by atoms with Crippen molar-refractivity contribution in [2.45, 2.75) is 32.2 Å². The van der Waals surface area contributed by atoms with Gasteiger partial charge in [-0.05, 0) is 45.3 Å². The highest BCUT2D eigenvalue weighted by Gasteiger charge is 2.12. The van der Waals surface area contributed by atoms with Gasteiger partial charge in [-0.1, -0.05) is 35.5 Å². The number of unbranched alkanes of at least 4 members (excludes halogenated alkanes) is 1. The summed E-state index contributed by atoms with van der Waals surface area (Å²) in [5.41, 5.74) is 6.95. The first-order valence-corrected chi connectivity index (χ1v) is 6.36. The minimum atomic E-state index is -0.0216. The van der Waals surface area contributed by atoms with Crippen molar-refractivity contribution in [2.24, 2.45) is 10.9 Å². The maximum Gasteiger partial charge on any atom is 0.156 e. The molecular formula is C14H23N3O. The van der Waals surface area contributed by atoms with Crippen molar-refractivity contribution in [1.29, 1.82) is 0 Å². The monoisotopic (exact) mass is 249 g/mol. The van der Waals surface area contributed by atoms with Crippen LogP contribution in [0, 0.1) is 0 Å². The topological polar surface area (TPSA) is 61.9 Å². The quantitative estimate of drug-likeness (QED) is 0.256. The molecule has 100 valence electrons. The molecule has 0 radical (unpaired) electrons. The van der Waals surface area contributed by atoms with Gasteiger partial charge in [0.2, 0.25) is 0 Å². The van der Waals surface area contributed by atoms with Crippen LogP contribution < -0.4 is 5.73 Å². The second-order valence-corrected chi connectivity index (χ2v) is 4.62. The van der Waals surface area contributed by atoms with Gasteiger partial charge in [-0.15, -0.1) is 0 Å². The minimum absolute atomic E-state index is 0.0216. The van der Waals surface area contributed by atoms with Crippen molar-refractivity contribution < 1.29 is 5.21 Å². The first-order valence-electron chi connectivity index (χ1n) is 6.36.